The predicted molar refractivity (Wildman–Crippen MR) is 117 cm³/mol. The highest BCUT2D eigenvalue weighted by Gasteiger charge is 2.15. The van der Waals surface area contributed by atoms with Gasteiger partial charge in [0.25, 0.3) is 0 Å². The van der Waals surface area contributed by atoms with Crippen molar-refractivity contribution in [1.29, 1.82) is 0 Å². The second-order valence-electron chi connectivity index (χ2n) is 9.48. The Bertz CT molecular complexity index is 918. The molecule has 1 aromatic heterocycles. The summed E-state index contributed by atoms with van der Waals surface area (Å²) >= 11 is 0. The largest absolute Gasteiger partial charge is 0.252 e. The molecule has 0 radical (unpaired) electrons. The van der Waals surface area contributed by atoms with Gasteiger partial charge in [-0.1, -0.05) is 96.1 Å². The van der Waals surface area contributed by atoms with Crippen LogP contribution in [0.5, 0.6) is 0 Å². The van der Waals surface area contributed by atoms with Gasteiger partial charge in [-0.3, -0.25) is 4.98 Å². The minimum absolute atomic E-state index is 0.172. The fourth-order valence-electron chi connectivity index (χ4n) is 3.32. The Hall–Kier alpha value is -2.41. The number of hydrogen-bond acceptors (Lipinski definition) is 1. The van der Waals surface area contributed by atoms with Gasteiger partial charge < -0.3 is 0 Å². The molecule has 0 fully saturated rings. The topological polar surface area (TPSA) is 12.9 Å². The summed E-state index contributed by atoms with van der Waals surface area (Å²) in [6.45, 7) is 15.6. The van der Waals surface area contributed by atoms with Crippen LogP contribution in [0.2, 0.25) is 0 Å². The molecular formula is C26H31N. The molecule has 1 heterocycles. The molecular weight excluding hydrogens is 326 g/mol. The molecule has 0 saturated carbocycles. The van der Waals surface area contributed by atoms with Gasteiger partial charge >= 0.3 is 0 Å². The van der Waals surface area contributed by atoms with Crippen LogP contribution in [-0.2, 0) is 10.8 Å². The van der Waals surface area contributed by atoms with Crippen LogP contribution in [0.3, 0.4) is 0 Å². The van der Waals surface area contributed by atoms with Crippen LogP contribution in [0, 0.1) is 6.92 Å². The molecule has 27 heavy (non-hydrogen) atoms. The molecule has 0 amide bonds. The van der Waals surface area contributed by atoms with Crippen LogP contribution in [0.25, 0.3) is 22.4 Å². The molecule has 2 aromatic carbocycles. The molecule has 140 valence electrons. The number of hydrogen-bond donors (Lipinski definition) is 0. The van der Waals surface area contributed by atoms with E-state index in [1.165, 1.54) is 27.8 Å². The maximum atomic E-state index is 4.88. The molecule has 3 rings (SSSR count). The number of benzene rings is 2. The van der Waals surface area contributed by atoms with Crippen molar-refractivity contribution < 1.29 is 0 Å². The van der Waals surface area contributed by atoms with Gasteiger partial charge in [-0.25, -0.2) is 0 Å². The van der Waals surface area contributed by atoms with Crippen molar-refractivity contribution in [3.8, 4) is 22.4 Å². The van der Waals surface area contributed by atoms with E-state index >= 15 is 0 Å². The highest BCUT2D eigenvalue weighted by atomic mass is 14.7. The number of aromatic nitrogens is 1. The third kappa shape index (κ3) is 4.30. The second-order valence-corrected chi connectivity index (χ2v) is 9.48. The Morgan fingerprint density at radius 1 is 0.556 bits per heavy atom. The standard InChI is InChI=1S/C26H31N/c1-18-23(19-8-12-21(13-9-19)25(2,3)4)16-17-24(27-18)20-10-14-22(15-11-20)26(5,6)7/h8-17H,1-7H3. The normalized spacial score (nSPS) is 12.3. The van der Waals surface area contributed by atoms with Crippen molar-refractivity contribution in [2.75, 3.05) is 0 Å². The zero-order valence-electron chi connectivity index (χ0n) is 17.7. The molecule has 0 spiro atoms. The van der Waals surface area contributed by atoms with Crippen LogP contribution < -0.4 is 0 Å². The molecule has 0 saturated heterocycles. The third-order valence-electron chi connectivity index (χ3n) is 5.19. The fraction of sp³-hybridized carbons (Fsp3) is 0.346. The van der Waals surface area contributed by atoms with Gasteiger partial charge in [0.05, 0.1) is 5.69 Å². The molecule has 0 N–H and O–H groups in total. The molecule has 0 atom stereocenters. The van der Waals surface area contributed by atoms with E-state index in [4.69, 9.17) is 4.98 Å². The van der Waals surface area contributed by atoms with Crippen LogP contribution in [-0.4, -0.2) is 4.98 Å². The first-order valence-corrected chi connectivity index (χ1v) is 9.75. The van der Waals surface area contributed by atoms with Gasteiger partial charge in [0.2, 0.25) is 0 Å². The third-order valence-corrected chi connectivity index (χ3v) is 5.19. The van der Waals surface area contributed by atoms with Crippen molar-refractivity contribution in [3.05, 3.63) is 77.5 Å². The summed E-state index contributed by atoms with van der Waals surface area (Å²) in [6.07, 6.45) is 0. The van der Waals surface area contributed by atoms with E-state index in [9.17, 15) is 0 Å². The highest BCUT2D eigenvalue weighted by molar-refractivity contribution is 5.70. The van der Waals surface area contributed by atoms with E-state index in [0.717, 1.165) is 11.4 Å². The summed E-state index contributed by atoms with van der Waals surface area (Å²) in [6, 6.07) is 22.0. The summed E-state index contributed by atoms with van der Waals surface area (Å²) in [5.74, 6) is 0. The maximum absolute atomic E-state index is 4.88. The Kier molecular flexibility index (Phi) is 4.99. The van der Waals surface area contributed by atoms with Gasteiger partial charge in [0.1, 0.15) is 0 Å². The van der Waals surface area contributed by atoms with Gasteiger partial charge in [0.15, 0.2) is 0 Å². The smallest absolute Gasteiger partial charge is 0.0705 e. The number of rotatable bonds is 2. The number of nitrogens with zero attached hydrogens (tertiary/aromatic N) is 1. The highest BCUT2D eigenvalue weighted by Crippen LogP contribution is 2.30. The first-order chi connectivity index (χ1) is 12.6. The lowest BCUT2D eigenvalue weighted by atomic mass is 9.86. The lowest BCUT2D eigenvalue weighted by Crippen LogP contribution is -2.10. The number of pyridine rings is 1. The summed E-state index contributed by atoms with van der Waals surface area (Å²) in [5.41, 5.74) is 8.73. The summed E-state index contributed by atoms with van der Waals surface area (Å²) in [5, 5.41) is 0. The van der Waals surface area contributed by atoms with Crippen molar-refractivity contribution in [2.24, 2.45) is 0 Å². The van der Waals surface area contributed by atoms with E-state index < -0.39 is 0 Å². The van der Waals surface area contributed by atoms with Crippen molar-refractivity contribution >= 4 is 0 Å². The summed E-state index contributed by atoms with van der Waals surface area (Å²) in [7, 11) is 0. The Labute approximate surface area is 164 Å². The quantitative estimate of drug-likeness (QED) is 0.468. The molecule has 3 aromatic rings. The Morgan fingerprint density at radius 2 is 1.00 bits per heavy atom. The lowest BCUT2D eigenvalue weighted by Gasteiger charge is -2.19. The van der Waals surface area contributed by atoms with E-state index in [0.29, 0.717) is 0 Å². The molecule has 0 unspecified atom stereocenters. The van der Waals surface area contributed by atoms with Gasteiger partial charge in [-0.05, 0) is 40.5 Å². The molecule has 0 aliphatic rings. The van der Waals surface area contributed by atoms with Crippen LogP contribution in [0.1, 0.15) is 58.4 Å². The minimum atomic E-state index is 0.172. The van der Waals surface area contributed by atoms with Crippen molar-refractivity contribution in [3.63, 3.8) is 0 Å². The fourth-order valence-corrected chi connectivity index (χ4v) is 3.32. The van der Waals surface area contributed by atoms with Crippen molar-refractivity contribution in [1.82, 2.24) is 4.98 Å². The molecule has 0 aliphatic heterocycles. The zero-order chi connectivity index (χ0) is 19.8. The minimum Gasteiger partial charge on any atom is -0.252 e. The van der Waals surface area contributed by atoms with E-state index in [-0.39, 0.29) is 10.8 Å². The average molecular weight is 358 g/mol. The summed E-state index contributed by atoms with van der Waals surface area (Å²) < 4.78 is 0. The average Bonchev–Trinajstić information content (AvgIpc) is 2.60. The van der Waals surface area contributed by atoms with E-state index in [1.54, 1.807) is 0 Å². The SMILES string of the molecule is Cc1nc(-c2ccc(C(C)(C)C)cc2)ccc1-c1ccc(C(C)(C)C)cc1. The maximum Gasteiger partial charge on any atom is 0.0705 e. The van der Waals surface area contributed by atoms with Gasteiger partial charge in [-0.2, -0.15) is 0 Å². The molecule has 1 nitrogen and oxygen atoms in total. The predicted octanol–water partition coefficient (Wildman–Crippen LogP) is 7.32. The molecule has 0 bridgehead atoms. The molecule has 0 aliphatic carbocycles. The zero-order valence-corrected chi connectivity index (χ0v) is 17.7. The van der Waals surface area contributed by atoms with Crippen molar-refractivity contribution in [2.45, 2.75) is 59.3 Å². The Morgan fingerprint density at radius 3 is 1.41 bits per heavy atom. The van der Waals surface area contributed by atoms with Gasteiger partial charge in [0, 0.05) is 16.8 Å². The van der Waals surface area contributed by atoms with Crippen LogP contribution >= 0.6 is 0 Å². The molecule has 1 heteroatoms. The van der Waals surface area contributed by atoms with Crippen LogP contribution in [0.15, 0.2) is 60.7 Å². The first kappa shape index (κ1) is 19.4. The lowest BCUT2D eigenvalue weighted by molar-refractivity contribution is 0.590. The number of aryl methyl sites for hydroxylation is 1. The first-order valence-electron chi connectivity index (χ1n) is 9.75. The Balaban J connectivity index is 1.90. The van der Waals surface area contributed by atoms with Crippen LogP contribution in [0.4, 0.5) is 0 Å². The van der Waals surface area contributed by atoms with E-state index in [2.05, 4.69) is 109 Å². The second kappa shape index (κ2) is 6.96. The monoisotopic (exact) mass is 357 g/mol. The van der Waals surface area contributed by atoms with E-state index in [1.807, 2.05) is 0 Å². The summed E-state index contributed by atoms with van der Waals surface area (Å²) in [4.78, 5) is 4.88. The van der Waals surface area contributed by atoms with Gasteiger partial charge in [-0.15, -0.1) is 0 Å².